The Hall–Kier alpha value is -3.32. The molecule has 142 valence electrons. The maximum atomic E-state index is 12.8. The fraction of sp³-hybridized carbons (Fsp3) is 0.143. The summed E-state index contributed by atoms with van der Waals surface area (Å²) in [5.74, 6) is 0.482. The first-order valence-electron chi connectivity index (χ1n) is 8.56. The van der Waals surface area contributed by atoms with Crippen molar-refractivity contribution in [3.8, 4) is 28.5 Å². The van der Waals surface area contributed by atoms with Crippen molar-refractivity contribution < 1.29 is 14.6 Å². The second-order valence-corrected chi connectivity index (χ2v) is 7.35. The molecule has 4 rings (SSSR count). The number of benzene rings is 2. The van der Waals surface area contributed by atoms with Gasteiger partial charge >= 0.3 is 0 Å². The molecule has 2 aromatic carbocycles. The molecule has 0 atom stereocenters. The first-order valence-corrected chi connectivity index (χ1v) is 9.37. The monoisotopic (exact) mass is 394 g/mol. The van der Waals surface area contributed by atoms with Crippen LogP contribution in [0.5, 0.6) is 17.2 Å². The van der Waals surface area contributed by atoms with E-state index in [2.05, 4.69) is 4.98 Å². The van der Waals surface area contributed by atoms with Crippen molar-refractivity contribution in [2.75, 3.05) is 14.2 Å². The summed E-state index contributed by atoms with van der Waals surface area (Å²) in [7, 11) is 2.92. The van der Waals surface area contributed by atoms with E-state index in [1.54, 1.807) is 28.8 Å². The smallest absolute Gasteiger partial charge is 0.274 e. The van der Waals surface area contributed by atoms with Crippen molar-refractivity contribution in [3.05, 3.63) is 68.6 Å². The van der Waals surface area contributed by atoms with Gasteiger partial charge in [-0.05, 0) is 36.8 Å². The van der Waals surface area contributed by atoms with Crippen LogP contribution in [-0.2, 0) is 0 Å². The van der Waals surface area contributed by atoms with Gasteiger partial charge in [0, 0.05) is 11.8 Å². The van der Waals surface area contributed by atoms with E-state index in [1.807, 2.05) is 31.2 Å². The summed E-state index contributed by atoms with van der Waals surface area (Å²) >= 11 is 1.31. The second kappa shape index (κ2) is 7.01. The number of methoxy groups -OCH3 is 2. The molecule has 0 aliphatic carbocycles. The van der Waals surface area contributed by atoms with Crippen LogP contribution < -0.4 is 19.6 Å². The molecule has 2 heterocycles. The highest BCUT2D eigenvalue weighted by Crippen LogP contribution is 2.37. The van der Waals surface area contributed by atoms with Crippen LogP contribution in [0, 0.1) is 6.92 Å². The molecule has 0 fully saturated rings. The third-order valence-electron chi connectivity index (χ3n) is 4.42. The molecule has 0 spiro atoms. The number of phenols is 1. The number of nitrogens with zero attached hydrogens (tertiary/aromatic N) is 2. The zero-order valence-corrected chi connectivity index (χ0v) is 16.4. The normalized spacial score (nSPS) is 11.9. The molecule has 0 amide bonds. The third-order valence-corrected chi connectivity index (χ3v) is 5.40. The Morgan fingerprint density at radius 2 is 1.86 bits per heavy atom. The number of thiazole rings is 1. The molecule has 1 N–H and O–H groups in total. The molecule has 28 heavy (non-hydrogen) atoms. The van der Waals surface area contributed by atoms with Gasteiger partial charge in [-0.3, -0.25) is 9.20 Å². The zero-order valence-electron chi connectivity index (χ0n) is 15.6. The van der Waals surface area contributed by atoms with E-state index >= 15 is 0 Å². The molecule has 0 saturated carbocycles. The maximum absolute atomic E-state index is 12.8. The van der Waals surface area contributed by atoms with Crippen molar-refractivity contribution >= 4 is 22.4 Å². The lowest BCUT2D eigenvalue weighted by atomic mass is 10.1. The van der Waals surface area contributed by atoms with E-state index in [9.17, 15) is 9.90 Å². The van der Waals surface area contributed by atoms with Crippen LogP contribution in [0.2, 0.25) is 0 Å². The van der Waals surface area contributed by atoms with Crippen molar-refractivity contribution in [2.24, 2.45) is 0 Å². The molecule has 0 bridgehead atoms. The summed E-state index contributed by atoms with van der Waals surface area (Å²) in [6, 6.07) is 11.3. The van der Waals surface area contributed by atoms with E-state index in [-0.39, 0.29) is 22.8 Å². The van der Waals surface area contributed by atoms with Gasteiger partial charge in [-0.2, -0.15) is 0 Å². The first-order chi connectivity index (χ1) is 13.5. The molecule has 2 aromatic heterocycles. The van der Waals surface area contributed by atoms with Crippen molar-refractivity contribution in [3.63, 3.8) is 0 Å². The highest BCUT2D eigenvalue weighted by Gasteiger charge is 2.13. The summed E-state index contributed by atoms with van der Waals surface area (Å²) in [6.07, 6.45) is 3.50. The highest BCUT2D eigenvalue weighted by molar-refractivity contribution is 7.15. The van der Waals surface area contributed by atoms with Gasteiger partial charge in [-0.15, -0.1) is 0 Å². The first kappa shape index (κ1) is 18.1. The number of phenolic OH excluding ortho intramolecular Hbond substituents is 1. The second-order valence-electron chi connectivity index (χ2n) is 6.34. The Kier molecular flexibility index (Phi) is 4.52. The van der Waals surface area contributed by atoms with Crippen molar-refractivity contribution in [1.82, 2.24) is 9.38 Å². The van der Waals surface area contributed by atoms with E-state index in [0.717, 1.165) is 16.8 Å². The van der Waals surface area contributed by atoms with Gasteiger partial charge in [0.05, 0.1) is 24.4 Å². The van der Waals surface area contributed by atoms with Gasteiger partial charge in [-0.25, -0.2) is 4.98 Å². The predicted molar refractivity (Wildman–Crippen MR) is 110 cm³/mol. The molecule has 0 unspecified atom stereocenters. The van der Waals surface area contributed by atoms with E-state index in [1.165, 1.54) is 25.6 Å². The molecule has 0 saturated heterocycles. The van der Waals surface area contributed by atoms with Gasteiger partial charge in [0.1, 0.15) is 0 Å². The SMILES string of the molecule is COc1cc(C=c2sc3nc(-c4cccc(C)c4)cn3c2=O)cc(OC)c1O. The van der Waals surface area contributed by atoms with Crippen LogP contribution in [0.1, 0.15) is 11.1 Å². The van der Waals surface area contributed by atoms with Gasteiger partial charge in [0.25, 0.3) is 5.56 Å². The lowest BCUT2D eigenvalue weighted by Gasteiger charge is -2.09. The number of aromatic nitrogens is 2. The molecular weight excluding hydrogens is 376 g/mol. The van der Waals surface area contributed by atoms with Crippen LogP contribution >= 0.6 is 11.3 Å². The van der Waals surface area contributed by atoms with E-state index in [0.29, 0.717) is 15.1 Å². The Bertz CT molecular complexity index is 1260. The standard InChI is InChI=1S/C21H18N2O4S/c1-12-5-4-6-14(7-12)15-11-23-20(25)18(28-21(23)22-15)10-13-8-16(26-2)19(24)17(9-13)27-3/h4-11,24H,1-3H3. The molecular formula is C21H18N2O4S. The molecule has 7 heteroatoms. The van der Waals surface area contributed by atoms with Gasteiger partial charge in [-0.1, -0.05) is 35.1 Å². The quantitative estimate of drug-likeness (QED) is 0.576. The summed E-state index contributed by atoms with van der Waals surface area (Å²) in [6.45, 7) is 2.02. The number of ether oxygens (including phenoxy) is 2. The maximum Gasteiger partial charge on any atom is 0.274 e. The third kappa shape index (κ3) is 3.10. The number of fused-ring (bicyclic) bond motifs is 1. The molecule has 6 nitrogen and oxygen atoms in total. The van der Waals surface area contributed by atoms with Crippen LogP contribution in [-0.4, -0.2) is 28.7 Å². The van der Waals surface area contributed by atoms with Crippen molar-refractivity contribution in [1.29, 1.82) is 0 Å². The van der Waals surface area contributed by atoms with Crippen LogP contribution in [0.4, 0.5) is 0 Å². The van der Waals surface area contributed by atoms with Crippen molar-refractivity contribution in [2.45, 2.75) is 6.92 Å². The minimum Gasteiger partial charge on any atom is -0.502 e. The highest BCUT2D eigenvalue weighted by atomic mass is 32.1. The van der Waals surface area contributed by atoms with E-state index < -0.39 is 0 Å². The minimum absolute atomic E-state index is 0.0757. The number of aryl methyl sites for hydroxylation is 1. The van der Waals surface area contributed by atoms with E-state index in [4.69, 9.17) is 9.47 Å². The lowest BCUT2D eigenvalue weighted by molar-refractivity contribution is 0.340. The Balaban J connectivity index is 1.81. The Morgan fingerprint density at radius 3 is 2.46 bits per heavy atom. The number of hydrogen-bond donors (Lipinski definition) is 1. The number of hydrogen-bond acceptors (Lipinski definition) is 6. The average molecular weight is 394 g/mol. The average Bonchev–Trinajstić information content (AvgIpc) is 3.23. The fourth-order valence-electron chi connectivity index (χ4n) is 3.02. The largest absolute Gasteiger partial charge is 0.502 e. The summed E-state index contributed by atoms with van der Waals surface area (Å²) in [4.78, 5) is 18.0. The van der Waals surface area contributed by atoms with Crippen LogP contribution in [0.15, 0.2) is 47.4 Å². The zero-order chi connectivity index (χ0) is 19.8. The lowest BCUT2D eigenvalue weighted by Crippen LogP contribution is -2.22. The van der Waals surface area contributed by atoms with Gasteiger partial charge in [0.2, 0.25) is 5.75 Å². The number of aromatic hydroxyl groups is 1. The van der Waals surface area contributed by atoms with Crippen LogP contribution in [0.25, 0.3) is 22.3 Å². The minimum atomic E-state index is -0.141. The van der Waals surface area contributed by atoms with Crippen LogP contribution in [0.3, 0.4) is 0 Å². The molecule has 0 aliphatic rings. The Morgan fingerprint density at radius 1 is 1.14 bits per heavy atom. The summed E-state index contributed by atoms with van der Waals surface area (Å²) in [5, 5.41) is 10.0. The number of imidazole rings is 1. The Labute approximate surface area is 164 Å². The van der Waals surface area contributed by atoms with Gasteiger partial charge < -0.3 is 14.6 Å². The summed E-state index contributed by atoms with van der Waals surface area (Å²) in [5.41, 5.74) is 3.44. The fourth-order valence-corrected chi connectivity index (χ4v) is 3.98. The molecule has 0 aliphatic heterocycles. The summed E-state index contributed by atoms with van der Waals surface area (Å²) < 4.78 is 12.4. The topological polar surface area (TPSA) is 73.1 Å². The van der Waals surface area contributed by atoms with Gasteiger partial charge in [0.15, 0.2) is 16.5 Å². The predicted octanol–water partition coefficient (Wildman–Crippen LogP) is 3.00. The molecule has 4 aromatic rings. The molecule has 0 radical (unpaired) electrons. The number of rotatable bonds is 4.